The minimum Gasteiger partial charge on any atom is -0.371 e. The molecular weight excluding hydrogens is 295 g/mol. The molecule has 1 aliphatic heterocycles. The molecule has 1 saturated heterocycles. The maximum absolute atomic E-state index is 13.0. The van der Waals surface area contributed by atoms with Gasteiger partial charge in [0, 0.05) is 26.2 Å². The van der Waals surface area contributed by atoms with Gasteiger partial charge in [0.25, 0.3) is 10.2 Å². The molecule has 1 aliphatic rings. The molecule has 0 amide bonds. The van der Waals surface area contributed by atoms with Crippen molar-refractivity contribution in [3.8, 4) is 0 Å². The van der Waals surface area contributed by atoms with Crippen LogP contribution in [-0.4, -0.2) is 49.8 Å². The van der Waals surface area contributed by atoms with E-state index in [0.717, 1.165) is 5.56 Å². The summed E-state index contributed by atoms with van der Waals surface area (Å²) < 4.78 is 46.5. The fourth-order valence-electron chi connectivity index (χ4n) is 2.43. The minimum atomic E-state index is -3.46. The summed E-state index contributed by atoms with van der Waals surface area (Å²) >= 11 is 0. The molecule has 1 aromatic rings. The number of benzene rings is 1. The van der Waals surface area contributed by atoms with Gasteiger partial charge in [-0.3, -0.25) is 0 Å². The van der Waals surface area contributed by atoms with Gasteiger partial charge in [0.2, 0.25) is 0 Å². The molecule has 1 heterocycles. The van der Waals surface area contributed by atoms with Gasteiger partial charge in [0.05, 0.1) is 12.7 Å². The first-order chi connectivity index (χ1) is 9.98. The van der Waals surface area contributed by atoms with E-state index in [0.29, 0.717) is 26.2 Å². The van der Waals surface area contributed by atoms with Gasteiger partial charge in [-0.25, -0.2) is 4.39 Å². The Balaban J connectivity index is 2.15. The Bertz CT molecular complexity index is 558. The van der Waals surface area contributed by atoms with E-state index < -0.39 is 10.2 Å². The smallest absolute Gasteiger partial charge is 0.282 e. The summed E-state index contributed by atoms with van der Waals surface area (Å²) in [7, 11) is -3.46. The lowest BCUT2D eigenvalue weighted by molar-refractivity contribution is -0.00426. The van der Waals surface area contributed by atoms with E-state index in [1.54, 1.807) is 12.1 Å². The summed E-state index contributed by atoms with van der Waals surface area (Å²) in [5.74, 6) is -0.317. The maximum atomic E-state index is 13.0. The molecule has 1 atom stereocenters. The fourth-order valence-corrected chi connectivity index (χ4v) is 4.04. The second-order valence-corrected chi connectivity index (χ2v) is 6.79. The third-order valence-corrected chi connectivity index (χ3v) is 5.78. The van der Waals surface area contributed by atoms with E-state index in [1.165, 1.54) is 20.7 Å². The minimum absolute atomic E-state index is 0.254. The molecule has 5 nitrogen and oxygen atoms in total. The molecular formula is C14H21FN2O3S. The molecule has 1 aromatic carbocycles. The molecule has 0 aromatic heterocycles. The third kappa shape index (κ3) is 3.60. The highest BCUT2D eigenvalue weighted by molar-refractivity contribution is 7.86. The Morgan fingerprint density at radius 1 is 1.29 bits per heavy atom. The van der Waals surface area contributed by atoms with Gasteiger partial charge in [0.1, 0.15) is 5.82 Å². The second-order valence-electron chi connectivity index (χ2n) is 4.86. The number of hydrogen-bond donors (Lipinski definition) is 0. The molecule has 1 fully saturated rings. The Labute approximate surface area is 125 Å². The van der Waals surface area contributed by atoms with Gasteiger partial charge in [-0.2, -0.15) is 17.0 Å². The van der Waals surface area contributed by atoms with Crippen molar-refractivity contribution in [1.82, 2.24) is 8.61 Å². The lowest BCUT2D eigenvalue weighted by Gasteiger charge is -2.35. The van der Waals surface area contributed by atoms with Crippen molar-refractivity contribution >= 4 is 10.2 Å². The Hall–Kier alpha value is -1.02. The molecule has 0 saturated carbocycles. The molecule has 1 unspecified atom stereocenters. The second kappa shape index (κ2) is 6.83. The largest absolute Gasteiger partial charge is 0.371 e. The molecule has 0 spiro atoms. The van der Waals surface area contributed by atoms with E-state index in [9.17, 15) is 12.8 Å². The van der Waals surface area contributed by atoms with Crippen molar-refractivity contribution in [2.24, 2.45) is 0 Å². The average molecular weight is 316 g/mol. The van der Waals surface area contributed by atoms with Crippen molar-refractivity contribution in [3.05, 3.63) is 35.6 Å². The van der Waals surface area contributed by atoms with Crippen LogP contribution in [0.1, 0.15) is 25.5 Å². The average Bonchev–Trinajstić information content (AvgIpc) is 2.49. The predicted octanol–water partition coefficient (Wildman–Crippen LogP) is 1.79. The standard InChI is InChI=1S/C14H21FN2O3S/c1-3-16(4-2)21(18,19)17-9-10-20-14(11-17)12-5-7-13(15)8-6-12/h5-8,14H,3-4,9-11H2,1-2H3. The van der Waals surface area contributed by atoms with E-state index in [-0.39, 0.29) is 18.5 Å². The maximum Gasteiger partial charge on any atom is 0.282 e. The first kappa shape index (κ1) is 16.4. The molecule has 0 radical (unpaired) electrons. The van der Waals surface area contributed by atoms with Crippen LogP contribution < -0.4 is 0 Å². The van der Waals surface area contributed by atoms with Crippen molar-refractivity contribution in [2.45, 2.75) is 20.0 Å². The molecule has 0 N–H and O–H groups in total. The van der Waals surface area contributed by atoms with Crippen molar-refractivity contribution in [1.29, 1.82) is 0 Å². The Kier molecular flexibility index (Phi) is 5.32. The van der Waals surface area contributed by atoms with Crippen LogP contribution in [-0.2, 0) is 14.9 Å². The first-order valence-electron chi connectivity index (χ1n) is 7.11. The number of ether oxygens (including phenoxy) is 1. The summed E-state index contributed by atoms with van der Waals surface area (Å²) in [6, 6.07) is 5.98. The normalized spacial score (nSPS) is 20.9. The summed E-state index contributed by atoms with van der Waals surface area (Å²) in [6.45, 7) is 5.45. The number of halogens is 1. The zero-order chi connectivity index (χ0) is 15.5. The SMILES string of the molecule is CCN(CC)S(=O)(=O)N1CCOC(c2ccc(F)cc2)C1. The van der Waals surface area contributed by atoms with Crippen LogP contribution >= 0.6 is 0 Å². The molecule has 21 heavy (non-hydrogen) atoms. The van der Waals surface area contributed by atoms with Gasteiger partial charge in [-0.05, 0) is 17.7 Å². The zero-order valence-electron chi connectivity index (χ0n) is 12.3. The Morgan fingerprint density at radius 3 is 2.48 bits per heavy atom. The first-order valence-corrected chi connectivity index (χ1v) is 8.51. The third-order valence-electron chi connectivity index (χ3n) is 3.63. The highest BCUT2D eigenvalue weighted by Gasteiger charge is 2.33. The highest BCUT2D eigenvalue weighted by Crippen LogP contribution is 2.25. The molecule has 0 bridgehead atoms. The summed E-state index contributed by atoms with van der Waals surface area (Å²) in [5, 5.41) is 0. The molecule has 0 aliphatic carbocycles. The topological polar surface area (TPSA) is 49.9 Å². The fraction of sp³-hybridized carbons (Fsp3) is 0.571. The van der Waals surface area contributed by atoms with Crippen LogP contribution in [0.3, 0.4) is 0 Å². The van der Waals surface area contributed by atoms with E-state index in [2.05, 4.69) is 0 Å². The van der Waals surface area contributed by atoms with Crippen molar-refractivity contribution < 1.29 is 17.5 Å². The van der Waals surface area contributed by atoms with Gasteiger partial charge in [-0.1, -0.05) is 26.0 Å². The van der Waals surface area contributed by atoms with E-state index in [4.69, 9.17) is 4.74 Å². The lowest BCUT2D eigenvalue weighted by Crippen LogP contribution is -2.49. The predicted molar refractivity (Wildman–Crippen MR) is 78.5 cm³/mol. The summed E-state index contributed by atoms with van der Waals surface area (Å²) in [6.07, 6.45) is -0.357. The van der Waals surface area contributed by atoms with Gasteiger partial charge >= 0.3 is 0 Å². The highest BCUT2D eigenvalue weighted by atomic mass is 32.2. The van der Waals surface area contributed by atoms with Gasteiger partial charge in [-0.15, -0.1) is 0 Å². The number of rotatable bonds is 5. The number of nitrogens with zero attached hydrogens (tertiary/aromatic N) is 2. The van der Waals surface area contributed by atoms with Crippen LogP contribution in [0.5, 0.6) is 0 Å². The number of hydrogen-bond acceptors (Lipinski definition) is 3. The lowest BCUT2D eigenvalue weighted by atomic mass is 10.1. The van der Waals surface area contributed by atoms with Gasteiger partial charge < -0.3 is 4.74 Å². The van der Waals surface area contributed by atoms with Crippen molar-refractivity contribution in [3.63, 3.8) is 0 Å². The zero-order valence-corrected chi connectivity index (χ0v) is 13.1. The molecule has 2 rings (SSSR count). The van der Waals surface area contributed by atoms with Crippen molar-refractivity contribution in [2.75, 3.05) is 32.8 Å². The molecule has 7 heteroatoms. The van der Waals surface area contributed by atoms with Gasteiger partial charge in [0.15, 0.2) is 0 Å². The van der Waals surface area contributed by atoms with Crippen LogP contribution in [0.25, 0.3) is 0 Å². The quantitative estimate of drug-likeness (QED) is 0.832. The van der Waals surface area contributed by atoms with Crippen LogP contribution in [0, 0.1) is 5.82 Å². The van der Waals surface area contributed by atoms with E-state index in [1.807, 2.05) is 13.8 Å². The Morgan fingerprint density at radius 2 is 1.90 bits per heavy atom. The van der Waals surface area contributed by atoms with Crippen LogP contribution in [0.2, 0.25) is 0 Å². The monoisotopic (exact) mass is 316 g/mol. The van der Waals surface area contributed by atoms with Crippen LogP contribution in [0.4, 0.5) is 4.39 Å². The summed E-state index contributed by atoms with van der Waals surface area (Å²) in [5.41, 5.74) is 0.788. The molecule has 118 valence electrons. The van der Waals surface area contributed by atoms with E-state index >= 15 is 0 Å². The summed E-state index contributed by atoms with van der Waals surface area (Å²) in [4.78, 5) is 0. The van der Waals surface area contributed by atoms with Crippen LogP contribution in [0.15, 0.2) is 24.3 Å². The number of morpholine rings is 1.